The highest BCUT2D eigenvalue weighted by atomic mass is 35.5. The molecule has 0 bridgehead atoms. The van der Waals surface area contributed by atoms with Crippen molar-refractivity contribution in [3.05, 3.63) is 69.8 Å². The van der Waals surface area contributed by atoms with Gasteiger partial charge in [-0.1, -0.05) is 29.3 Å². The van der Waals surface area contributed by atoms with Crippen LogP contribution in [0.1, 0.15) is 24.3 Å². The van der Waals surface area contributed by atoms with Gasteiger partial charge >= 0.3 is 0 Å². The first-order valence-electron chi connectivity index (χ1n) is 8.02. The molecule has 0 aliphatic carbocycles. The lowest BCUT2D eigenvalue weighted by molar-refractivity contribution is 0.227. The third-order valence-corrected chi connectivity index (χ3v) is 4.71. The van der Waals surface area contributed by atoms with E-state index in [0.717, 1.165) is 11.1 Å². The molecule has 8 heteroatoms. The molecule has 1 atom stereocenters. The summed E-state index contributed by atoms with van der Waals surface area (Å²) in [4.78, 5) is 8.28. The summed E-state index contributed by atoms with van der Waals surface area (Å²) >= 11 is 12.2. The molecular weight excluding hydrogens is 392 g/mol. The van der Waals surface area contributed by atoms with Gasteiger partial charge in [0, 0.05) is 34.1 Å². The zero-order valence-electron chi connectivity index (χ0n) is 14.3. The number of nitrogens with zero attached hydrogens (tertiary/aromatic N) is 2. The molecular formula is C19H16Cl2FN3O2. The third kappa shape index (κ3) is 4.13. The smallest absolute Gasteiger partial charge is 0.166 e. The van der Waals surface area contributed by atoms with Crippen LogP contribution < -0.4 is 10.5 Å². The largest absolute Gasteiger partial charge is 0.482 e. The van der Waals surface area contributed by atoms with Crippen molar-refractivity contribution in [2.75, 3.05) is 5.73 Å². The van der Waals surface area contributed by atoms with E-state index >= 15 is 0 Å². The molecule has 140 valence electrons. The molecule has 2 aromatic heterocycles. The summed E-state index contributed by atoms with van der Waals surface area (Å²) < 4.78 is 19.6. The summed E-state index contributed by atoms with van der Waals surface area (Å²) in [6.07, 6.45) is 2.55. The Kier molecular flexibility index (Phi) is 5.79. The first kappa shape index (κ1) is 19.4. The maximum Gasteiger partial charge on any atom is 0.166 e. The Hall–Kier alpha value is -2.41. The Bertz CT molecular complexity index is 968. The molecule has 2 heterocycles. The molecule has 0 amide bonds. The van der Waals surface area contributed by atoms with E-state index in [4.69, 9.17) is 38.8 Å². The van der Waals surface area contributed by atoms with E-state index in [2.05, 4.69) is 9.97 Å². The predicted molar refractivity (Wildman–Crippen MR) is 103 cm³/mol. The number of anilines is 1. The lowest BCUT2D eigenvalue weighted by Crippen LogP contribution is -2.08. The van der Waals surface area contributed by atoms with E-state index in [-0.39, 0.29) is 17.4 Å². The Morgan fingerprint density at radius 3 is 2.56 bits per heavy atom. The van der Waals surface area contributed by atoms with Crippen LogP contribution in [0.5, 0.6) is 5.75 Å². The monoisotopic (exact) mass is 407 g/mol. The second-order valence-electron chi connectivity index (χ2n) is 5.82. The summed E-state index contributed by atoms with van der Waals surface area (Å²) in [7, 11) is 0. The number of pyridine rings is 2. The third-order valence-electron chi connectivity index (χ3n) is 3.99. The Morgan fingerprint density at radius 1 is 1.15 bits per heavy atom. The average molecular weight is 408 g/mol. The van der Waals surface area contributed by atoms with Crippen molar-refractivity contribution in [3.8, 4) is 16.9 Å². The van der Waals surface area contributed by atoms with Crippen LogP contribution in [0.25, 0.3) is 11.1 Å². The first-order chi connectivity index (χ1) is 12.9. The highest BCUT2D eigenvalue weighted by molar-refractivity contribution is 6.36. The fourth-order valence-electron chi connectivity index (χ4n) is 2.56. The summed E-state index contributed by atoms with van der Waals surface area (Å²) in [5, 5.41) is 9.29. The van der Waals surface area contributed by atoms with Crippen LogP contribution in [0.15, 0.2) is 42.7 Å². The second-order valence-corrected chi connectivity index (χ2v) is 6.61. The number of aliphatic hydroxyl groups excluding tert-OH is 1. The number of nitrogen functional groups attached to an aromatic ring is 1. The maximum absolute atomic E-state index is 13.8. The lowest BCUT2D eigenvalue weighted by atomic mass is 10.1. The van der Waals surface area contributed by atoms with Crippen LogP contribution in [0.3, 0.4) is 0 Å². The van der Waals surface area contributed by atoms with Crippen LogP contribution >= 0.6 is 23.2 Å². The van der Waals surface area contributed by atoms with Crippen LogP contribution in [0, 0.1) is 5.82 Å². The van der Waals surface area contributed by atoms with Crippen LogP contribution in [0.2, 0.25) is 10.0 Å². The Labute approximate surface area is 165 Å². The van der Waals surface area contributed by atoms with Gasteiger partial charge in [0.05, 0.1) is 17.3 Å². The van der Waals surface area contributed by atoms with E-state index in [1.54, 1.807) is 37.5 Å². The molecule has 5 nitrogen and oxygen atoms in total. The number of nitrogens with two attached hydrogens (primary N) is 1. The molecule has 3 N–H and O–H groups in total. The summed E-state index contributed by atoms with van der Waals surface area (Å²) in [5.41, 5.74) is 8.31. The molecule has 0 fully saturated rings. The van der Waals surface area contributed by atoms with E-state index in [0.29, 0.717) is 22.0 Å². The molecule has 1 aromatic carbocycles. The average Bonchev–Trinajstić information content (AvgIpc) is 2.67. The molecule has 3 aromatic rings. The van der Waals surface area contributed by atoms with Crippen molar-refractivity contribution in [1.29, 1.82) is 0 Å². The van der Waals surface area contributed by atoms with Crippen LogP contribution in [0.4, 0.5) is 10.2 Å². The maximum atomic E-state index is 13.8. The second kappa shape index (κ2) is 8.08. The SMILES string of the molecule is CC(Oc1cc(-c2ccc(CO)nc2)cnc1N)c1c(Cl)ccc(F)c1Cl. The summed E-state index contributed by atoms with van der Waals surface area (Å²) in [6, 6.07) is 7.83. The zero-order chi connectivity index (χ0) is 19.6. The van der Waals surface area contributed by atoms with Gasteiger partial charge in [-0.05, 0) is 31.2 Å². The minimum absolute atomic E-state index is 0.0959. The molecule has 0 aliphatic rings. The first-order valence-corrected chi connectivity index (χ1v) is 8.78. The van der Waals surface area contributed by atoms with Crippen molar-refractivity contribution in [3.63, 3.8) is 0 Å². The minimum atomic E-state index is -0.657. The minimum Gasteiger partial charge on any atom is -0.482 e. The van der Waals surface area contributed by atoms with Gasteiger partial charge in [-0.2, -0.15) is 0 Å². The van der Waals surface area contributed by atoms with Gasteiger partial charge in [0.15, 0.2) is 11.6 Å². The number of halogens is 3. The number of benzene rings is 1. The van der Waals surface area contributed by atoms with Gasteiger partial charge in [-0.3, -0.25) is 4.98 Å². The van der Waals surface area contributed by atoms with Gasteiger partial charge in [-0.15, -0.1) is 0 Å². The van der Waals surface area contributed by atoms with Crippen molar-refractivity contribution in [2.45, 2.75) is 19.6 Å². The molecule has 0 radical (unpaired) electrons. The standard InChI is InChI=1S/C19H16Cl2FN3O2/c1-10(17-14(20)4-5-15(22)18(17)21)27-16-6-12(8-25-19(16)23)11-2-3-13(9-26)24-7-11/h2-8,10,26H,9H2,1H3,(H2,23,25). The van der Waals surface area contributed by atoms with Crippen LogP contribution in [-0.4, -0.2) is 15.1 Å². The van der Waals surface area contributed by atoms with Crippen molar-refractivity contribution >= 4 is 29.0 Å². The summed E-state index contributed by atoms with van der Waals surface area (Å²) in [6.45, 7) is 1.55. The quantitative estimate of drug-likeness (QED) is 0.593. The molecule has 1 unspecified atom stereocenters. The summed E-state index contributed by atoms with van der Waals surface area (Å²) in [5.74, 6) is -0.0989. The normalized spacial score (nSPS) is 12.0. The zero-order valence-corrected chi connectivity index (χ0v) is 15.8. The number of rotatable bonds is 5. The van der Waals surface area contributed by atoms with E-state index in [9.17, 15) is 4.39 Å². The van der Waals surface area contributed by atoms with Crippen LogP contribution in [-0.2, 0) is 6.61 Å². The van der Waals surface area contributed by atoms with Crippen molar-refractivity contribution in [2.24, 2.45) is 0 Å². The van der Waals surface area contributed by atoms with E-state index in [1.807, 2.05) is 0 Å². The molecule has 0 saturated heterocycles. The van der Waals surface area contributed by atoms with Gasteiger partial charge in [0.1, 0.15) is 11.9 Å². The number of ether oxygens (including phenoxy) is 1. The van der Waals surface area contributed by atoms with Crippen molar-refractivity contribution in [1.82, 2.24) is 9.97 Å². The lowest BCUT2D eigenvalue weighted by Gasteiger charge is -2.19. The number of hydrogen-bond acceptors (Lipinski definition) is 5. The number of aliphatic hydroxyl groups is 1. The van der Waals surface area contributed by atoms with Gasteiger partial charge < -0.3 is 15.6 Å². The predicted octanol–water partition coefficient (Wildman–Crippen LogP) is 4.80. The molecule has 27 heavy (non-hydrogen) atoms. The van der Waals surface area contributed by atoms with Crippen molar-refractivity contribution < 1.29 is 14.2 Å². The van der Waals surface area contributed by atoms with E-state index in [1.165, 1.54) is 12.1 Å². The number of aromatic nitrogens is 2. The topological polar surface area (TPSA) is 81.3 Å². The molecule has 3 rings (SSSR count). The molecule has 0 saturated carbocycles. The highest BCUT2D eigenvalue weighted by Gasteiger charge is 2.20. The van der Waals surface area contributed by atoms with Gasteiger partial charge in [-0.25, -0.2) is 9.37 Å². The number of hydrogen-bond donors (Lipinski definition) is 2. The molecule has 0 spiro atoms. The Balaban J connectivity index is 1.92. The van der Waals surface area contributed by atoms with Gasteiger partial charge in [0.2, 0.25) is 0 Å². The fraction of sp³-hybridized carbons (Fsp3) is 0.158. The van der Waals surface area contributed by atoms with E-state index < -0.39 is 11.9 Å². The highest BCUT2D eigenvalue weighted by Crippen LogP contribution is 2.36. The molecule has 0 aliphatic heterocycles. The Morgan fingerprint density at radius 2 is 1.89 bits per heavy atom. The van der Waals surface area contributed by atoms with Gasteiger partial charge in [0.25, 0.3) is 0 Å². The fourth-order valence-corrected chi connectivity index (χ4v) is 3.24.